The number of likely N-dealkylation sites (N-methyl/N-ethyl adjacent to an activating group) is 1. The van der Waals surface area contributed by atoms with Crippen molar-refractivity contribution in [3.8, 4) is 11.5 Å². The summed E-state index contributed by atoms with van der Waals surface area (Å²) >= 11 is 0. The van der Waals surface area contributed by atoms with E-state index in [2.05, 4.69) is 0 Å². The molecule has 0 aromatic heterocycles. The van der Waals surface area contributed by atoms with Gasteiger partial charge in [-0.1, -0.05) is 30.3 Å². The molecule has 0 heterocycles. The summed E-state index contributed by atoms with van der Waals surface area (Å²) in [7, 11) is 1.75. The average Bonchev–Trinajstić information content (AvgIpc) is 2.62. The van der Waals surface area contributed by atoms with Gasteiger partial charge >= 0.3 is 5.97 Å². The number of aliphatic carboxylic acids is 1. The normalized spacial score (nSPS) is 10.5. The minimum Gasteiger partial charge on any atom is -0.491 e. The smallest absolute Gasteiger partial charge is 0.341 e. The third-order valence-corrected chi connectivity index (χ3v) is 3.81. The van der Waals surface area contributed by atoms with E-state index in [1.807, 2.05) is 50.2 Å². The number of carboxylic acid groups (broad SMARTS) is 1. The maximum atomic E-state index is 12.6. The Labute approximate surface area is 159 Å². The maximum absolute atomic E-state index is 12.6. The molecule has 0 aliphatic carbocycles. The van der Waals surface area contributed by atoms with Gasteiger partial charge in [0.05, 0.1) is 12.5 Å². The first-order chi connectivity index (χ1) is 12.8. The van der Waals surface area contributed by atoms with Crippen LogP contribution in [-0.2, 0) is 22.6 Å². The zero-order valence-electron chi connectivity index (χ0n) is 15.8. The van der Waals surface area contributed by atoms with Gasteiger partial charge in [-0.25, -0.2) is 4.79 Å². The molecule has 2 aromatic carbocycles. The van der Waals surface area contributed by atoms with Crippen molar-refractivity contribution in [1.29, 1.82) is 0 Å². The first-order valence-electron chi connectivity index (χ1n) is 8.77. The van der Waals surface area contributed by atoms with Crippen LogP contribution in [0.5, 0.6) is 11.5 Å². The standard InChI is InChI=1S/C21H25NO5/c1-15(2)27-19-7-5-4-6-17(19)12-20(23)22(3)13-16-8-10-18(11-9-16)26-14-21(24)25/h4-11,15H,12-14H2,1-3H3,(H,24,25). The highest BCUT2D eigenvalue weighted by Crippen LogP contribution is 2.21. The van der Waals surface area contributed by atoms with Crippen molar-refractivity contribution in [1.82, 2.24) is 4.90 Å². The highest BCUT2D eigenvalue weighted by Gasteiger charge is 2.14. The number of carbonyl (C=O) groups is 2. The van der Waals surface area contributed by atoms with Crippen molar-refractivity contribution < 1.29 is 24.2 Å². The van der Waals surface area contributed by atoms with Crippen LogP contribution in [0.2, 0.25) is 0 Å². The number of hydrogen-bond donors (Lipinski definition) is 1. The Morgan fingerprint density at radius 1 is 1.07 bits per heavy atom. The van der Waals surface area contributed by atoms with E-state index in [4.69, 9.17) is 14.6 Å². The largest absolute Gasteiger partial charge is 0.491 e. The lowest BCUT2D eigenvalue weighted by Gasteiger charge is -2.19. The molecule has 0 bridgehead atoms. The Balaban J connectivity index is 1.95. The van der Waals surface area contributed by atoms with Crippen molar-refractivity contribution in [3.05, 3.63) is 59.7 Å². The Morgan fingerprint density at radius 2 is 1.74 bits per heavy atom. The van der Waals surface area contributed by atoms with E-state index in [1.165, 1.54) is 0 Å². The number of rotatable bonds is 9. The zero-order chi connectivity index (χ0) is 19.8. The number of amides is 1. The summed E-state index contributed by atoms with van der Waals surface area (Å²) in [5.41, 5.74) is 1.79. The second-order valence-corrected chi connectivity index (χ2v) is 6.53. The van der Waals surface area contributed by atoms with Crippen LogP contribution in [0, 0.1) is 0 Å². The van der Waals surface area contributed by atoms with Crippen molar-refractivity contribution in [2.75, 3.05) is 13.7 Å². The molecule has 0 fully saturated rings. The molecule has 2 rings (SSSR count). The lowest BCUT2D eigenvalue weighted by molar-refractivity contribution is -0.139. The van der Waals surface area contributed by atoms with Crippen LogP contribution in [0.4, 0.5) is 0 Å². The van der Waals surface area contributed by atoms with Crippen LogP contribution in [0.1, 0.15) is 25.0 Å². The van der Waals surface area contributed by atoms with Crippen molar-refractivity contribution >= 4 is 11.9 Å². The van der Waals surface area contributed by atoms with Gasteiger partial charge in [0.2, 0.25) is 5.91 Å². The fraction of sp³-hybridized carbons (Fsp3) is 0.333. The molecule has 0 spiro atoms. The van der Waals surface area contributed by atoms with E-state index >= 15 is 0 Å². The van der Waals surface area contributed by atoms with Crippen molar-refractivity contribution in [3.63, 3.8) is 0 Å². The summed E-state index contributed by atoms with van der Waals surface area (Å²) < 4.78 is 10.9. The number of carbonyl (C=O) groups excluding carboxylic acids is 1. The fourth-order valence-electron chi connectivity index (χ4n) is 2.51. The van der Waals surface area contributed by atoms with Crippen molar-refractivity contribution in [2.24, 2.45) is 0 Å². The van der Waals surface area contributed by atoms with Crippen LogP contribution in [-0.4, -0.2) is 41.6 Å². The predicted molar refractivity (Wildman–Crippen MR) is 102 cm³/mol. The Hall–Kier alpha value is -3.02. The second-order valence-electron chi connectivity index (χ2n) is 6.53. The molecule has 2 aromatic rings. The first-order valence-corrected chi connectivity index (χ1v) is 8.77. The lowest BCUT2D eigenvalue weighted by Crippen LogP contribution is -2.28. The molecule has 0 radical (unpaired) electrons. The number of carboxylic acids is 1. The van der Waals surface area contributed by atoms with E-state index < -0.39 is 5.97 Å². The highest BCUT2D eigenvalue weighted by molar-refractivity contribution is 5.79. The molecule has 1 amide bonds. The highest BCUT2D eigenvalue weighted by atomic mass is 16.5. The summed E-state index contributed by atoms with van der Waals surface area (Å²) in [5, 5.41) is 8.62. The van der Waals surface area contributed by atoms with E-state index in [9.17, 15) is 9.59 Å². The molecular weight excluding hydrogens is 346 g/mol. The molecule has 0 saturated heterocycles. The van der Waals surface area contributed by atoms with E-state index in [-0.39, 0.29) is 25.0 Å². The van der Waals surface area contributed by atoms with E-state index in [1.54, 1.807) is 24.1 Å². The van der Waals surface area contributed by atoms with Gasteiger partial charge < -0.3 is 19.5 Å². The molecule has 0 saturated carbocycles. The van der Waals surface area contributed by atoms with Crippen LogP contribution in [0.25, 0.3) is 0 Å². The van der Waals surface area contributed by atoms with E-state index in [0.717, 1.165) is 16.9 Å². The van der Waals surface area contributed by atoms with Crippen LogP contribution >= 0.6 is 0 Å². The van der Waals surface area contributed by atoms with Gasteiger partial charge in [0.25, 0.3) is 0 Å². The third-order valence-electron chi connectivity index (χ3n) is 3.81. The van der Waals surface area contributed by atoms with Gasteiger partial charge in [-0.3, -0.25) is 4.79 Å². The minimum absolute atomic E-state index is 0.0130. The second kappa shape index (κ2) is 9.62. The van der Waals surface area contributed by atoms with Crippen LogP contribution in [0.3, 0.4) is 0 Å². The van der Waals surface area contributed by atoms with Crippen LogP contribution < -0.4 is 9.47 Å². The molecule has 144 valence electrons. The zero-order valence-corrected chi connectivity index (χ0v) is 15.8. The fourth-order valence-corrected chi connectivity index (χ4v) is 2.51. The molecule has 0 unspecified atom stereocenters. The Kier molecular flexibility index (Phi) is 7.23. The molecule has 6 heteroatoms. The Morgan fingerprint density at radius 3 is 2.37 bits per heavy atom. The molecule has 27 heavy (non-hydrogen) atoms. The SMILES string of the molecule is CC(C)Oc1ccccc1CC(=O)N(C)Cc1ccc(OCC(=O)O)cc1. The summed E-state index contributed by atoms with van der Waals surface area (Å²) in [4.78, 5) is 24.7. The Bertz CT molecular complexity index is 770. The third kappa shape index (κ3) is 6.66. The number of ether oxygens (including phenoxy) is 2. The summed E-state index contributed by atoms with van der Waals surface area (Å²) in [6.45, 7) is 3.98. The van der Waals surface area contributed by atoms with Crippen molar-refractivity contribution in [2.45, 2.75) is 32.9 Å². The van der Waals surface area contributed by atoms with Gasteiger partial charge in [-0.05, 0) is 37.6 Å². The lowest BCUT2D eigenvalue weighted by atomic mass is 10.1. The first kappa shape index (κ1) is 20.3. The molecule has 0 aliphatic heterocycles. The monoisotopic (exact) mass is 371 g/mol. The minimum atomic E-state index is -1.02. The topological polar surface area (TPSA) is 76.1 Å². The number of benzene rings is 2. The predicted octanol–water partition coefficient (Wildman–Crippen LogP) is 3.14. The van der Waals surface area contributed by atoms with Gasteiger partial charge in [-0.15, -0.1) is 0 Å². The molecule has 0 aliphatic rings. The number of hydrogen-bond acceptors (Lipinski definition) is 4. The van der Waals surface area contributed by atoms with Gasteiger partial charge in [-0.2, -0.15) is 0 Å². The van der Waals surface area contributed by atoms with Gasteiger partial charge in [0.15, 0.2) is 6.61 Å². The maximum Gasteiger partial charge on any atom is 0.341 e. The molecule has 1 N–H and O–H groups in total. The van der Waals surface area contributed by atoms with Gasteiger partial charge in [0.1, 0.15) is 11.5 Å². The quantitative estimate of drug-likeness (QED) is 0.733. The molecular formula is C21H25NO5. The summed E-state index contributed by atoms with van der Waals surface area (Å²) in [5.74, 6) is 0.177. The summed E-state index contributed by atoms with van der Waals surface area (Å²) in [6.07, 6.45) is 0.306. The number of nitrogens with zero attached hydrogens (tertiary/aromatic N) is 1. The molecule has 0 atom stereocenters. The van der Waals surface area contributed by atoms with Gasteiger partial charge in [0, 0.05) is 19.2 Å². The van der Waals surface area contributed by atoms with Crippen LogP contribution in [0.15, 0.2) is 48.5 Å². The molecule has 6 nitrogen and oxygen atoms in total. The average molecular weight is 371 g/mol. The van der Waals surface area contributed by atoms with E-state index in [0.29, 0.717) is 12.3 Å². The number of para-hydroxylation sites is 1. The summed E-state index contributed by atoms with van der Waals surface area (Å²) in [6, 6.07) is 14.6.